The third-order valence-electron chi connectivity index (χ3n) is 2.34. The molecule has 1 rings (SSSR count). The van der Waals surface area contributed by atoms with Gasteiger partial charge in [-0.3, -0.25) is 4.79 Å². The highest BCUT2D eigenvalue weighted by molar-refractivity contribution is 5.87. The number of nitrogens with zero attached hydrogens (tertiary/aromatic N) is 2. The van der Waals surface area contributed by atoms with Crippen molar-refractivity contribution in [3.05, 3.63) is 0 Å². The number of β-lactam (4-membered cyclic amide) rings is 1. The summed E-state index contributed by atoms with van der Waals surface area (Å²) in [6.07, 6.45) is 0. The molecule has 1 unspecified atom stereocenters. The highest BCUT2D eigenvalue weighted by atomic mass is 16.2. The van der Waals surface area contributed by atoms with Crippen molar-refractivity contribution in [1.82, 2.24) is 9.80 Å². The van der Waals surface area contributed by atoms with Gasteiger partial charge in [0, 0.05) is 19.6 Å². The van der Waals surface area contributed by atoms with Crippen LogP contribution in [-0.4, -0.2) is 55.0 Å². The summed E-state index contributed by atoms with van der Waals surface area (Å²) in [6, 6.07) is -0.225. The van der Waals surface area contributed by atoms with E-state index in [0.717, 1.165) is 26.2 Å². The van der Waals surface area contributed by atoms with Crippen molar-refractivity contribution in [3.63, 3.8) is 0 Å². The second-order valence-electron chi connectivity index (χ2n) is 3.29. The molecule has 1 atom stereocenters. The second kappa shape index (κ2) is 3.87. The van der Waals surface area contributed by atoms with E-state index in [1.165, 1.54) is 0 Å². The quantitative estimate of drug-likeness (QED) is 0.558. The first kappa shape index (κ1) is 9.48. The Bertz CT molecular complexity index is 172. The fourth-order valence-corrected chi connectivity index (χ4v) is 1.18. The third-order valence-corrected chi connectivity index (χ3v) is 2.34. The molecule has 0 aromatic carbocycles. The predicted molar refractivity (Wildman–Crippen MR) is 47.7 cm³/mol. The number of amides is 1. The summed E-state index contributed by atoms with van der Waals surface area (Å²) in [6.45, 7) is 5.61. The average molecular weight is 171 g/mol. The third kappa shape index (κ3) is 1.95. The van der Waals surface area contributed by atoms with Crippen molar-refractivity contribution in [2.45, 2.75) is 13.0 Å². The normalized spacial score (nSPS) is 23.2. The average Bonchev–Trinajstić information content (AvgIpc) is 2.10. The van der Waals surface area contributed by atoms with Crippen LogP contribution in [0.4, 0.5) is 0 Å². The van der Waals surface area contributed by atoms with E-state index in [0.29, 0.717) is 0 Å². The van der Waals surface area contributed by atoms with Crippen LogP contribution < -0.4 is 5.73 Å². The molecule has 0 saturated carbocycles. The molecular weight excluding hydrogens is 154 g/mol. The van der Waals surface area contributed by atoms with Gasteiger partial charge in [-0.25, -0.2) is 0 Å². The number of carbonyl (C=O) groups is 1. The molecule has 1 heterocycles. The molecule has 2 N–H and O–H groups in total. The maximum Gasteiger partial charge on any atom is 0.241 e. The smallest absolute Gasteiger partial charge is 0.241 e. The molecule has 12 heavy (non-hydrogen) atoms. The van der Waals surface area contributed by atoms with Crippen LogP contribution in [-0.2, 0) is 4.79 Å². The lowest BCUT2D eigenvalue weighted by molar-refractivity contribution is -0.142. The van der Waals surface area contributed by atoms with Gasteiger partial charge in [0.05, 0.1) is 0 Å². The van der Waals surface area contributed by atoms with Crippen LogP contribution in [0.15, 0.2) is 0 Å². The summed E-state index contributed by atoms with van der Waals surface area (Å²) in [5, 5.41) is 0. The minimum Gasteiger partial charge on any atom is -0.338 e. The second-order valence-corrected chi connectivity index (χ2v) is 3.29. The van der Waals surface area contributed by atoms with Crippen molar-refractivity contribution >= 4 is 5.91 Å². The molecule has 70 valence electrons. The number of hydrogen-bond donors (Lipinski definition) is 1. The first-order valence-electron chi connectivity index (χ1n) is 4.38. The number of likely N-dealkylation sites (tertiary alicyclic amines) is 1. The summed E-state index contributed by atoms with van der Waals surface area (Å²) < 4.78 is 0. The van der Waals surface area contributed by atoms with Crippen LogP contribution in [0.1, 0.15) is 6.92 Å². The Morgan fingerprint density at radius 2 is 2.42 bits per heavy atom. The number of nitrogens with two attached hydrogens (primary N) is 1. The maximum absolute atomic E-state index is 11.0. The molecule has 1 fully saturated rings. The fourth-order valence-electron chi connectivity index (χ4n) is 1.18. The zero-order valence-electron chi connectivity index (χ0n) is 7.79. The molecule has 0 aliphatic carbocycles. The van der Waals surface area contributed by atoms with Crippen LogP contribution >= 0.6 is 0 Å². The monoisotopic (exact) mass is 171 g/mol. The maximum atomic E-state index is 11.0. The lowest BCUT2D eigenvalue weighted by Crippen LogP contribution is -2.61. The van der Waals surface area contributed by atoms with Gasteiger partial charge >= 0.3 is 0 Å². The Balaban J connectivity index is 2.13. The highest BCUT2D eigenvalue weighted by Gasteiger charge is 2.32. The predicted octanol–water partition coefficient (Wildman–Crippen LogP) is -0.892. The SMILES string of the molecule is CCN(C)CCN1CC(N)C1=O. The molecule has 0 aromatic heterocycles. The van der Waals surface area contributed by atoms with E-state index in [9.17, 15) is 4.79 Å². The summed E-state index contributed by atoms with van der Waals surface area (Å²) in [5.41, 5.74) is 5.45. The van der Waals surface area contributed by atoms with E-state index in [1.54, 1.807) is 4.90 Å². The van der Waals surface area contributed by atoms with Gasteiger partial charge in [0.15, 0.2) is 0 Å². The Hall–Kier alpha value is -0.610. The van der Waals surface area contributed by atoms with Gasteiger partial charge in [0.1, 0.15) is 6.04 Å². The summed E-state index contributed by atoms with van der Waals surface area (Å²) in [4.78, 5) is 15.0. The number of hydrogen-bond acceptors (Lipinski definition) is 3. The van der Waals surface area contributed by atoms with Gasteiger partial charge < -0.3 is 15.5 Å². The minimum absolute atomic E-state index is 0.0968. The van der Waals surface area contributed by atoms with Crippen molar-refractivity contribution in [2.75, 3.05) is 33.2 Å². The Morgan fingerprint density at radius 3 is 2.83 bits per heavy atom. The lowest BCUT2D eigenvalue weighted by atomic mass is 10.1. The standard InChI is InChI=1S/C8H17N3O/c1-3-10(2)4-5-11-6-7(9)8(11)12/h7H,3-6,9H2,1-2H3. The van der Waals surface area contributed by atoms with Crippen LogP contribution in [0.2, 0.25) is 0 Å². The number of rotatable bonds is 4. The van der Waals surface area contributed by atoms with Crippen molar-refractivity contribution < 1.29 is 4.79 Å². The largest absolute Gasteiger partial charge is 0.338 e. The summed E-state index contributed by atoms with van der Waals surface area (Å²) in [7, 11) is 2.05. The molecular formula is C8H17N3O. The number of carbonyl (C=O) groups excluding carboxylic acids is 1. The van der Waals surface area contributed by atoms with Crippen LogP contribution in [0.3, 0.4) is 0 Å². The topological polar surface area (TPSA) is 49.6 Å². The Kier molecular flexibility index (Phi) is 3.05. The van der Waals surface area contributed by atoms with E-state index >= 15 is 0 Å². The molecule has 1 aliphatic rings. The first-order chi connectivity index (χ1) is 5.65. The van der Waals surface area contributed by atoms with Crippen LogP contribution in [0.25, 0.3) is 0 Å². The van der Waals surface area contributed by atoms with Gasteiger partial charge in [0.25, 0.3) is 0 Å². The molecule has 1 aliphatic heterocycles. The molecule has 4 heteroatoms. The Morgan fingerprint density at radius 1 is 1.75 bits per heavy atom. The summed E-state index contributed by atoms with van der Waals surface area (Å²) >= 11 is 0. The van der Waals surface area contributed by atoms with Crippen molar-refractivity contribution in [1.29, 1.82) is 0 Å². The van der Waals surface area contributed by atoms with Crippen molar-refractivity contribution in [3.8, 4) is 0 Å². The summed E-state index contributed by atoms with van der Waals surface area (Å²) in [5.74, 6) is 0.0968. The van der Waals surface area contributed by atoms with Gasteiger partial charge in [-0.05, 0) is 13.6 Å². The molecule has 4 nitrogen and oxygen atoms in total. The minimum atomic E-state index is -0.225. The molecule has 0 aromatic rings. The zero-order valence-corrected chi connectivity index (χ0v) is 7.79. The van der Waals surface area contributed by atoms with Crippen LogP contribution in [0.5, 0.6) is 0 Å². The van der Waals surface area contributed by atoms with Gasteiger partial charge in [-0.1, -0.05) is 6.92 Å². The van der Waals surface area contributed by atoms with E-state index < -0.39 is 0 Å². The molecule has 0 bridgehead atoms. The van der Waals surface area contributed by atoms with E-state index in [-0.39, 0.29) is 11.9 Å². The lowest BCUT2D eigenvalue weighted by Gasteiger charge is -2.37. The fraction of sp³-hybridized carbons (Fsp3) is 0.875. The van der Waals surface area contributed by atoms with Crippen molar-refractivity contribution in [2.24, 2.45) is 5.73 Å². The molecule has 1 amide bonds. The van der Waals surface area contributed by atoms with E-state index in [1.807, 2.05) is 7.05 Å². The van der Waals surface area contributed by atoms with E-state index in [2.05, 4.69) is 11.8 Å². The van der Waals surface area contributed by atoms with Crippen LogP contribution in [0, 0.1) is 0 Å². The molecule has 1 saturated heterocycles. The van der Waals surface area contributed by atoms with Gasteiger partial charge in [-0.15, -0.1) is 0 Å². The zero-order chi connectivity index (χ0) is 9.14. The molecule has 0 spiro atoms. The Labute approximate surface area is 73.3 Å². The van der Waals surface area contributed by atoms with Gasteiger partial charge in [0.2, 0.25) is 5.91 Å². The van der Waals surface area contributed by atoms with Gasteiger partial charge in [-0.2, -0.15) is 0 Å². The first-order valence-corrected chi connectivity index (χ1v) is 4.38. The van der Waals surface area contributed by atoms with E-state index in [4.69, 9.17) is 5.73 Å². The highest BCUT2D eigenvalue weighted by Crippen LogP contribution is 2.06. The number of likely N-dealkylation sites (N-methyl/N-ethyl adjacent to an activating group) is 1. The molecule has 0 radical (unpaired) electrons.